The SMILES string of the molecule is COc1cc(/C=N\NC(=O)c2ccccc2OCc2ccc(Cl)cc2)ccc1OC(=O)c1ccc(C)cc1. The standard InChI is InChI=1S/C30H25ClN2O5/c1-20-7-12-23(13-8-20)30(35)38-27-16-11-22(17-28(27)36-2)18-32-33-29(34)25-5-3-4-6-26(25)37-19-21-9-14-24(31)15-10-21/h3-18H,19H2,1-2H3,(H,33,34)/b32-18-. The van der Waals surface area contributed by atoms with E-state index in [9.17, 15) is 9.59 Å². The second-order valence-corrected chi connectivity index (χ2v) is 8.71. The number of carbonyl (C=O) groups excluding carboxylic acids is 2. The number of nitrogens with one attached hydrogen (secondary N) is 1. The lowest BCUT2D eigenvalue weighted by Crippen LogP contribution is -2.18. The van der Waals surface area contributed by atoms with Gasteiger partial charge in [-0.1, -0.05) is 53.6 Å². The molecule has 0 fully saturated rings. The molecule has 0 aliphatic rings. The van der Waals surface area contributed by atoms with Gasteiger partial charge in [-0.15, -0.1) is 0 Å². The summed E-state index contributed by atoms with van der Waals surface area (Å²) in [5, 5.41) is 4.69. The van der Waals surface area contributed by atoms with Gasteiger partial charge in [-0.05, 0) is 72.6 Å². The number of amides is 1. The van der Waals surface area contributed by atoms with Crippen LogP contribution in [0.4, 0.5) is 0 Å². The first-order chi connectivity index (χ1) is 18.4. The quantitative estimate of drug-likeness (QED) is 0.121. The Hall–Kier alpha value is -4.62. The van der Waals surface area contributed by atoms with Crippen molar-refractivity contribution >= 4 is 29.7 Å². The predicted molar refractivity (Wildman–Crippen MR) is 146 cm³/mol. The van der Waals surface area contributed by atoms with E-state index < -0.39 is 11.9 Å². The minimum absolute atomic E-state index is 0.269. The van der Waals surface area contributed by atoms with Crippen molar-refractivity contribution < 1.29 is 23.8 Å². The molecule has 0 atom stereocenters. The molecule has 0 spiro atoms. The van der Waals surface area contributed by atoms with Crippen molar-refractivity contribution in [2.24, 2.45) is 5.10 Å². The molecule has 0 saturated heterocycles. The number of aryl methyl sites for hydroxylation is 1. The maximum atomic E-state index is 12.8. The number of hydrogen-bond acceptors (Lipinski definition) is 6. The third-order valence-electron chi connectivity index (χ3n) is 5.50. The van der Waals surface area contributed by atoms with Gasteiger partial charge in [0, 0.05) is 5.02 Å². The van der Waals surface area contributed by atoms with Gasteiger partial charge in [0.05, 0.1) is 24.5 Å². The van der Waals surface area contributed by atoms with Gasteiger partial charge in [0.1, 0.15) is 12.4 Å². The van der Waals surface area contributed by atoms with Gasteiger partial charge >= 0.3 is 5.97 Å². The Morgan fingerprint density at radius 2 is 1.63 bits per heavy atom. The molecule has 4 aromatic rings. The van der Waals surface area contributed by atoms with Crippen molar-refractivity contribution in [3.63, 3.8) is 0 Å². The number of benzene rings is 4. The number of nitrogens with zero attached hydrogens (tertiary/aromatic N) is 1. The fourth-order valence-electron chi connectivity index (χ4n) is 3.44. The molecule has 38 heavy (non-hydrogen) atoms. The zero-order valence-electron chi connectivity index (χ0n) is 20.8. The van der Waals surface area contributed by atoms with E-state index in [4.69, 9.17) is 25.8 Å². The van der Waals surface area contributed by atoms with Crippen molar-refractivity contribution in [3.05, 3.63) is 124 Å². The van der Waals surface area contributed by atoms with Crippen molar-refractivity contribution in [1.82, 2.24) is 5.43 Å². The minimum atomic E-state index is -0.492. The highest BCUT2D eigenvalue weighted by atomic mass is 35.5. The van der Waals surface area contributed by atoms with Crippen LogP contribution in [0, 0.1) is 6.92 Å². The first-order valence-electron chi connectivity index (χ1n) is 11.7. The van der Waals surface area contributed by atoms with Gasteiger partial charge in [0.15, 0.2) is 11.5 Å². The molecule has 0 aromatic heterocycles. The van der Waals surface area contributed by atoms with Crippen molar-refractivity contribution in [2.75, 3.05) is 7.11 Å². The van der Waals surface area contributed by atoms with E-state index in [0.717, 1.165) is 11.1 Å². The van der Waals surface area contributed by atoms with Gasteiger partial charge in [-0.2, -0.15) is 5.10 Å². The number of para-hydroxylation sites is 1. The van der Waals surface area contributed by atoms with Gasteiger partial charge < -0.3 is 14.2 Å². The molecular weight excluding hydrogens is 504 g/mol. The van der Waals surface area contributed by atoms with Gasteiger partial charge in [0.2, 0.25) is 0 Å². The van der Waals surface area contributed by atoms with Crippen LogP contribution >= 0.6 is 11.6 Å². The summed E-state index contributed by atoms with van der Waals surface area (Å²) in [7, 11) is 1.47. The summed E-state index contributed by atoms with van der Waals surface area (Å²) in [6, 6.07) is 26.2. The van der Waals surface area contributed by atoms with E-state index in [0.29, 0.717) is 33.2 Å². The molecule has 7 nitrogen and oxygen atoms in total. The number of esters is 1. The van der Waals surface area contributed by atoms with Crippen LogP contribution in [-0.4, -0.2) is 25.2 Å². The molecule has 0 heterocycles. The van der Waals surface area contributed by atoms with E-state index in [-0.39, 0.29) is 12.4 Å². The maximum Gasteiger partial charge on any atom is 0.343 e. The van der Waals surface area contributed by atoms with Crippen molar-refractivity contribution in [2.45, 2.75) is 13.5 Å². The minimum Gasteiger partial charge on any atom is -0.493 e. The Kier molecular flexibility index (Phi) is 8.74. The average Bonchev–Trinajstić information content (AvgIpc) is 2.94. The topological polar surface area (TPSA) is 86.2 Å². The Morgan fingerprint density at radius 3 is 2.37 bits per heavy atom. The van der Waals surface area contributed by atoms with Crippen LogP contribution < -0.4 is 19.6 Å². The van der Waals surface area contributed by atoms with Crippen LogP contribution in [0.5, 0.6) is 17.2 Å². The number of rotatable bonds is 9. The van der Waals surface area contributed by atoms with Crippen LogP contribution in [0.1, 0.15) is 37.4 Å². The van der Waals surface area contributed by atoms with E-state index >= 15 is 0 Å². The molecule has 8 heteroatoms. The summed E-state index contributed by atoms with van der Waals surface area (Å²) in [5.74, 6) is 0.127. The van der Waals surface area contributed by atoms with Gasteiger partial charge in [0.25, 0.3) is 5.91 Å². The third-order valence-corrected chi connectivity index (χ3v) is 5.75. The maximum absolute atomic E-state index is 12.8. The first-order valence-corrected chi connectivity index (χ1v) is 12.1. The summed E-state index contributed by atoms with van der Waals surface area (Å²) in [4.78, 5) is 25.2. The molecule has 0 unspecified atom stereocenters. The lowest BCUT2D eigenvalue weighted by atomic mass is 10.1. The molecule has 0 aliphatic heterocycles. The Bertz CT molecular complexity index is 1450. The predicted octanol–water partition coefficient (Wildman–Crippen LogP) is 6.22. The van der Waals surface area contributed by atoms with E-state index in [2.05, 4.69) is 10.5 Å². The summed E-state index contributed by atoms with van der Waals surface area (Å²) in [6.07, 6.45) is 1.46. The summed E-state index contributed by atoms with van der Waals surface area (Å²) in [5.41, 5.74) is 5.88. The van der Waals surface area contributed by atoms with E-state index in [1.54, 1.807) is 66.7 Å². The number of ether oxygens (including phenoxy) is 3. The molecule has 0 aliphatic carbocycles. The highest BCUT2D eigenvalue weighted by molar-refractivity contribution is 6.30. The second kappa shape index (κ2) is 12.6. The van der Waals surface area contributed by atoms with E-state index in [1.165, 1.54) is 13.3 Å². The van der Waals surface area contributed by atoms with Crippen LogP contribution in [0.2, 0.25) is 5.02 Å². The van der Waals surface area contributed by atoms with Crippen LogP contribution in [0.25, 0.3) is 0 Å². The normalized spacial score (nSPS) is 10.7. The van der Waals surface area contributed by atoms with Crippen LogP contribution in [-0.2, 0) is 6.61 Å². The molecule has 0 bridgehead atoms. The zero-order chi connectivity index (χ0) is 26.9. The number of methoxy groups -OCH3 is 1. The highest BCUT2D eigenvalue weighted by Gasteiger charge is 2.14. The number of carbonyl (C=O) groups is 2. The number of hydrazone groups is 1. The molecule has 0 saturated carbocycles. The summed E-state index contributed by atoms with van der Waals surface area (Å²) >= 11 is 5.93. The van der Waals surface area contributed by atoms with Crippen LogP contribution in [0.15, 0.2) is 96.1 Å². The lowest BCUT2D eigenvalue weighted by Gasteiger charge is -2.11. The van der Waals surface area contributed by atoms with Gasteiger partial charge in [-0.3, -0.25) is 4.79 Å². The van der Waals surface area contributed by atoms with Gasteiger partial charge in [-0.25, -0.2) is 10.2 Å². The fraction of sp³-hybridized carbons (Fsp3) is 0.100. The molecule has 4 aromatic carbocycles. The number of halogens is 1. The highest BCUT2D eigenvalue weighted by Crippen LogP contribution is 2.28. The second-order valence-electron chi connectivity index (χ2n) is 8.28. The molecule has 1 N–H and O–H groups in total. The average molecular weight is 529 g/mol. The summed E-state index contributed by atoms with van der Waals surface area (Å²) in [6.45, 7) is 2.22. The number of hydrogen-bond donors (Lipinski definition) is 1. The molecular formula is C30H25ClN2O5. The van der Waals surface area contributed by atoms with E-state index in [1.807, 2.05) is 31.2 Å². The van der Waals surface area contributed by atoms with Crippen molar-refractivity contribution in [3.8, 4) is 17.2 Å². The zero-order valence-corrected chi connectivity index (χ0v) is 21.6. The fourth-order valence-corrected chi connectivity index (χ4v) is 3.57. The Morgan fingerprint density at radius 1 is 0.895 bits per heavy atom. The Labute approximate surface area is 225 Å². The van der Waals surface area contributed by atoms with Crippen molar-refractivity contribution in [1.29, 1.82) is 0 Å². The molecule has 0 radical (unpaired) electrons. The summed E-state index contributed by atoms with van der Waals surface area (Å²) < 4.78 is 16.7. The van der Waals surface area contributed by atoms with Crippen LogP contribution in [0.3, 0.4) is 0 Å². The molecule has 192 valence electrons. The monoisotopic (exact) mass is 528 g/mol. The Balaban J connectivity index is 1.39. The largest absolute Gasteiger partial charge is 0.493 e. The third kappa shape index (κ3) is 6.99. The lowest BCUT2D eigenvalue weighted by molar-refractivity contribution is 0.0729. The smallest absolute Gasteiger partial charge is 0.343 e. The first kappa shape index (κ1) is 26.4. The molecule has 4 rings (SSSR count). The molecule has 1 amide bonds.